The monoisotopic (exact) mass is 320 g/mol. The van der Waals surface area contributed by atoms with Crippen LogP contribution in [0.1, 0.15) is 5.82 Å². The summed E-state index contributed by atoms with van der Waals surface area (Å²) in [6, 6.07) is 3.82. The van der Waals surface area contributed by atoms with Crippen molar-refractivity contribution in [1.29, 1.82) is 0 Å². The summed E-state index contributed by atoms with van der Waals surface area (Å²) >= 11 is 0. The lowest BCUT2D eigenvalue weighted by Crippen LogP contribution is -2.19. The van der Waals surface area contributed by atoms with Crippen molar-refractivity contribution in [3.05, 3.63) is 48.9 Å². The molecule has 8 heteroatoms. The van der Waals surface area contributed by atoms with Gasteiger partial charge in [0.25, 0.3) is 0 Å². The molecule has 0 aliphatic rings. The van der Waals surface area contributed by atoms with Gasteiger partial charge in [-0.1, -0.05) is 0 Å². The van der Waals surface area contributed by atoms with E-state index in [9.17, 15) is 0 Å². The number of anilines is 1. The number of aromatic amines is 1. The molecular formula is C16H16N8. The van der Waals surface area contributed by atoms with E-state index in [1.807, 2.05) is 37.3 Å². The fraction of sp³-hybridized carbons (Fsp3) is 0.188. The Balaban J connectivity index is 1.84. The summed E-state index contributed by atoms with van der Waals surface area (Å²) in [5, 5.41) is 5.22. The summed E-state index contributed by atoms with van der Waals surface area (Å²) in [4.78, 5) is 23.0. The number of rotatable bonds is 4. The van der Waals surface area contributed by atoms with E-state index in [1.54, 1.807) is 29.5 Å². The van der Waals surface area contributed by atoms with Gasteiger partial charge in [-0.15, -0.1) is 0 Å². The number of imidazole rings is 1. The molecule has 120 valence electrons. The second-order valence-electron chi connectivity index (χ2n) is 5.51. The van der Waals surface area contributed by atoms with Gasteiger partial charge in [-0.25, -0.2) is 15.0 Å². The SMILES string of the molecule is CN(Cc1ncc[nH]1)c1nc(-c2cccnc2)nc2c1cnn2C. The molecule has 0 saturated carbocycles. The van der Waals surface area contributed by atoms with Gasteiger partial charge in [0.2, 0.25) is 0 Å². The molecule has 0 aliphatic heterocycles. The van der Waals surface area contributed by atoms with E-state index >= 15 is 0 Å². The summed E-state index contributed by atoms with van der Waals surface area (Å²) in [5.74, 6) is 2.31. The van der Waals surface area contributed by atoms with Gasteiger partial charge in [0, 0.05) is 44.4 Å². The summed E-state index contributed by atoms with van der Waals surface area (Å²) < 4.78 is 1.75. The number of fused-ring (bicyclic) bond motifs is 1. The van der Waals surface area contributed by atoms with Crippen LogP contribution in [0, 0.1) is 0 Å². The van der Waals surface area contributed by atoms with E-state index < -0.39 is 0 Å². The van der Waals surface area contributed by atoms with E-state index in [2.05, 4.69) is 25.0 Å². The van der Waals surface area contributed by atoms with Gasteiger partial charge >= 0.3 is 0 Å². The fourth-order valence-corrected chi connectivity index (χ4v) is 2.61. The van der Waals surface area contributed by atoms with Crippen molar-refractivity contribution < 1.29 is 0 Å². The average Bonchev–Trinajstić information content (AvgIpc) is 3.25. The second kappa shape index (κ2) is 5.73. The van der Waals surface area contributed by atoms with Crippen LogP contribution in [0.15, 0.2) is 43.1 Å². The van der Waals surface area contributed by atoms with Crippen LogP contribution in [-0.4, -0.2) is 41.7 Å². The van der Waals surface area contributed by atoms with Crippen LogP contribution in [0.3, 0.4) is 0 Å². The van der Waals surface area contributed by atoms with Crippen LogP contribution in [-0.2, 0) is 13.6 Å². The van der Waals surface area contributed by atoms with Gasteiger partial charge in [-0.3, -0.25) is 9.67 Å². The minimum Gasteiger partial charge on any atom is -0.351 e. The van der Waals surface area contributed by atoms with Gasteiger partial charge in [-0.05, 0) is 12.1 Å². The normalized spacial score (nSPS) is 11.1. The standard InChI is InChI=1S/C16H16N8/c1-23(10-13-18-6-7-19-13)15-12-9-20-24(2)16(12)22-14(21-15)11-4-3-5-17-8-11/h3-9H,10H2,1-2H3,(H,18,19). The predicted octanol–water partition coefficient (Wildman–Crippen LogP) is 1.78. The summed E-state index contributed by atoms with van der Waals surface area (Å²) in [6.45, 7) is 0.612. The van der Waals surface area contributed by atoms with Crippen LogP contribution in [0.2, 0.25) is 0 Å². The Labute approximate surface area is 138 Å². The number of hydrogen-bond acceptors (Lipinski definition) is 6. The first kappa shape index (κ1) is 14.3. The third kappa shape index (κ3) is 2.47. The van der Waals surface area contributed by atoms with Crippen molar-refractivity contribution in [3.63, 3.8) is 0 Å². The Hall–Kier alpha value is -3.29. The highest BCUT2D eigenvalue weighted by molar-refractivity contribution is 5.88. The van der Waals surface area contributed by atoms with Crippen molar-refractivity contribution in [2.75, 3.05) is 11.9 Å². The molecule has 0 spiro atoms. The predicted molar refractivity (Wildman–Crippen MR) is 90.2 cm³/mol. The zero-order chi connectivity index (χ0) is 16.5. The molecule has 4 heterocycles. The number of aromatic nitrogens is 7. The van der Waals surface area contributed by atoms with E-state index in [0.29, 0.717) is 12.4 Å². The highest BCUT2D eigenvalue weighted by atomic mass is 15.3. The third-order valence-corrected chi connectivity index (χ3v) is 3.80. The highest BCUT2D eigenvalue weighted by Crippen LogP contribution is 2.26. The lowest BCUT2D eigenvalue weighted by atomic mass is 10.2. The maximum Gasteiger partial charge on any atom is 0.165 e. The zero-order valence-corrected chi connectivity index (χ0v) is 13.4. The lowest BCUT2D eigenvalue weighted by molar-refractivity contribution is 0.785. The Morgan fingerprint density at radius 2 is 2.12 bits per heavy atom. The first-order chi connectivity index (χ1) is 11.7. The van der Waals surface area contributed by atoms with Gasteiger partial charge in [-0.2, -0.15) is 5.10 Å². The number of aryl methyl sites for hydroxylation is 1. The molecule has 0 unspecified atom stereocenters. The summed E-state index contributed by atoms with van der Waals surface area (Å²) in [6.07, 6.45) is 8.83. The Morgan fingerprint density at radius 3 is 2.88 bits per heavy atom. The lowest BCUT2D eigenvalue weighted by Gasteiger charge is -2.18. The Kier molecular flexibility index (Phi) is 3.42. The molecule has 0 fully saturated rings. The molecule has 0 bridgehead atoms. The Bertz CT molecular complexity index is 959. The molecule has 24 heavy (non-hydrogen) atoms. The van der Waals surface area contributed by atoms with Gasteiger partial charge in [0.05, 0.1) is 18.1 Å². The quantitative estimate of drug-likeness (QED) is 0.616. The molecule has 0 atom stereocenters. The summed E-state index contributed by atoms with van der Waals surface area (Å²) in [7, 11) is 3.85. The van der Waals surface area contributed by atoms with Crippen LogP contribution in [0.25, 0.3) is 22.4 Å². The van der Waals surface area contributed by atoms with Crippen molar-refractivity contribution in [2.24, 2.45) is 7.05 Å². The number of pyridine rings is 1. The second-order valence-corrected chi connectivity index (χ2v) is 5.51. The highest BCUT2D eigenvalue weighted by Gasteiger charge is 2.16. The first-order valence-corrected chi connectivity index (χ1v) is 7.52. The average molecular weight is 320 g/mol. The fourth-order valence-electron chi connectivity index (χ4n) is 2.61. The smallest absolute Gasteiger partial charge is 0.165 e. The maximum absolute atomic E-state index is 4.74. The van der Waals surface area contributed by atoms with Gasteiger partial charge in [0.1, 0.15) is 11.6 Å². The van der Waals surface area contributed by atoms with Crippen LogP contribution < -0.4 is 4.90 Å². The minimum atomic E-state index is 0.612. The molecular weight excluding hydrogens is 304 g/mol. The number of nitrogens with zero attached hydrogens (tertiary/aromatic N) is 7. The first-order valence-electron chi connectivity index (χ1n) is 7.52. The van der Waals surface area contributed by atoms with E-state index in [1.165, 1.54) is 0 Å². The minimum absolute atomic E-state index is 0.612. The molecule has 8 nitrogen and oxygen atoms in total. The van der Waals surface area contributed by atoms with E-state index in [0.717, 1.165) is 28.2 Å². The molecule has 0 aliphatic carbocycles. The van der Waals surface area contributed by atoms with Gasteiger partial charge < -0.3 is 9.88 Å². The molecule has 4 rings (SSSR count). The molecule has 0 aromatic carbocycles. The number of nitrogens with one attached hydrogen (secondary N) is 1. The van der Waals surface area contributed by atoms with Crippen molar-refractivity contribution in [2.45, 2.75) is 6.54 Å². The molecule has 1 N–H and O–H groups in total. The van der Waals surface area contributed by atoms with Crippen molar-refractivity contribution in [3.8, 4) is 11.4 Å². The van der Waals surface area contributed by atoms with Crippen molar-refractivity contribution >= 4 is 16.9 Å². The zero-order valence-electron chi connectivity index (χ0n) is 13.4. The maximum atomic E-state index is 4.74. The molecule has 0 saturated heterocycles. The van der Waals surface area contributed by atoms with E-state index in [4.69, 9.17) is 4.98 Å². The van der Waals surface area contributed by atoms with E-state index in [-0.39, 0.29) is 0 Å². The van der Waals surface area contributed by atoms with Crippen LogP contribution in [0.4, 0.5) is 5.82 Å². The van der Waals surface area contributed by atoms with Gasteiger partial charge in [0.15, 0.2) is 11.5 Å². The Morgan fingerprint density at radius 1 is 1.21 bits per heavy atom. The topological polar surface area (TPSA) is 88.4 Å². The number of H-pyrrole nitrogens is 1. The van der Waals surface area contributed by atoms with Crippen LogP contribution >= 0.6 is 0 Å². The summed E-state index contributed by atoms with van der Waals surface area (Å²) in [5.41, 5.74) is 1.65. The molecule has 0 radical (unpaired) electrons. The largest absolute Gasteiger partial charge is 0.351 e. The van der Waals surface area contributed by atoms with Crippen molar-refractivity contribution in [1.82, 2.24) is 34.7 Å². The molecule has 0 amide bonds. The number of hydrogen-bond donors (Lipinski definition) is 1. The third-order valence-electron chi connectivity index (χ3n) is 3.80. The van der Waals surface area contributed by atoms with Crippen LogP contribution in [0.5, 0.6) is 0 Å². The molecule has 4 aromatic rings. The molecule has 4 aromatic heterocycles.